The predicted molar refractivity (Wildman–Crippen MR) is 160 cm³/mol. The Labute approximate surface area is 272 Å². The van der Waals surface area contributed by atoms with Crippen LogP contribution in [0, 0.1) is 17.2 Å². The molecule has 3 aromatic rings. The number of benzene rings is 2. The molecule has 5 rings (SSSR count). The maximum atomic E-state index is 13.7. The van der Waals surface area contributed by atoms with E-state index >= 15 is 0 Å². The smallest absolute Gasteiger partial charge is 0.387 e. The van der Waals surface area contributed by atoms with Crippen LogP contribution in [0.5, 0.6) is 11.5 Å². The number of rotatable bonds is 12. The largest absolute Gasteiger partial charge is 0.870 e. The lowest BCUT2D eigenvalue weighted by atomic mass is 10.0. The minimum Gasteiger partial charge on any atom is -0.870 e. The number of aromatic nitrogens is 1. The molecule has 2 fully saturated rings. The van der Waals surface area contributed by atoms with Crippen LogP contribution in [0.4, 0.5) is 8.78 Å². The van der Waals surface area contributed by atoms with E-state index in [2.05, 4.69) is 9.72 Å². The molecule has 0 bridgehead atoms. The monoisotopic (exact) mass is 701 g/mol. The molecule has 0 unspecified atom stereocenters. The Balaban J connectivity index is 0.00000461. The van der Waals surface area contributed by atoms with E-state index in [4.69, 9.17) is 32.7 Å². The number of sulfonamides is 1. The molecule has 0 spiro atoms. The van der Waals surface area contributed by atoms with Gasteiger partial charge >= 0.3 is 12.6 Å². The lowest BCUT2D eigenvalue weighted by Gasteiger charge is -2.26. The number of ether oxygens (including phenoxy) is 3. The van der Waals surface area contributed by atoms with Crippen LogP contribution in [-0.4, -0.2) is 55.1 Å². The fraction of sp³-hybridized carbons (Fsp3) is 0.345. The molecule has 1 saturated heterocycles. The highest BCUT2D eigenvalue weighted by Crippen LogP contribution is 2.39. The highest BCUT2D eigenvalue weighted by molar-refractivity contribution is 8.02. The number of nitrogens with one attached hydrogen (secondary N) is 1. The van der Waals surface area contributed by atoms with Gasteiger partial charge in [-0.3, -0.25) is 0 Å². The van der Waals surface area contributed by atoms with E-state index in [1.807, 2.05) is 6.07 Å². The number of pyridine rings is 1. The Morgan fingerprint density at radius 1 is 1.13 bits per heavy atom. The zero-order valence-corrected chi connectivity index (χ0v) is 26.5. The maximum absolute atomic E-state index is 13.7. The Bertz CT molecular complexity index is 1670. The van der Waals surface area contributed by atoms with Crippen molar-refractivity contribution in [1.29, 1.82) is 5.26 Å². The third-order valence-electron chi connectivity index (χ3n) is 7.02. The SMILES string of the molecule is N#Cc1ccccc1S(=O)(=O)N1CCS[C@H]1C(=O)O[C@@H](Cc1c(Cl)c[nH+]cc1Cl)c1ccc(OC(F)F)c(OCC2CC2)c1.[OH-]. The molecule has 1 aliphatic carbocycles. The van der Waals surface area contributed by atoms with Crippen molar-refractivity contribution in [3.63, 3.8) is 0 Å². The van der Waals surface area contributed by atoms with Crippen molar-refractivity contribution >= 4 is 51.0 Å². The van der Waals surface area contributed by atoms with Crippen LogP contribution in [0.25, 0.3) is 0 Å². The fourth-order valence-corrected chi connectivity index (χ4v) is 8.33. The molecule has 0 radical (unpaired) electrons. The predicted octanol–water partition coefficient (Wildman–Crippen LogP) is 5.48. The average Bonchev–Trinajstić information content (AvgIpc) is 3.69. The number of halogens is 4. The summed E-state index contributed by atoms with van der Waals surface area (Å²) < 4.78 is 70.9. The molecule has 45 heavy (non-hydrogen) atoms. The van der Waals surface area contributed by atoms with E-state index in [9.17, 15) is 27.3 Å². The molecule has 2 aromatic carbocycles. The molecule has 1 aromatic heterocycles. The van der Waals surface area contributed by atoms with Crippen LogP contribution in [0.15, 0.2) is 59.8 Å². The molecule has 2 aliphatic rings. The van der Waals surface area contributed by atoms with Crippen molar-refractivity contribution < 1.29 is 46.7 Å². The van der Waals surface area contributed by atoms with E-state index in [0.29, 0.717) is 29.4 Å². The first-order valence-corrected chi connectivity index (χ1v) is 16.7. The van der Waals surface area contributed by atoms with Gasteiger partial charge in [-0.1, -0.05) is 41.4 Å². The van der Waals surface area contributed by atoms with Crippen molar-refractivity contribution in [3.8, 4) is 17.6 Å². The van der Waals surface area contributed by atoms with Gasteiger partial charge in [0.1, 0.15) is 27.1 Å². The first kappa shape index (κ1) is 34.7. The van der Waals surface area contributed by atoms with Gasteiger partial charge in [0.2, 0.25) is 10.0 Å². The fourth-order valence-electron chi connectivity index (χ4n) is 4.60. The molecular weight excluding hydrogens is 675 g/mol. The Morgan fingerprint density at radius 3 is 2.51 bits per heavy atom. The topological polar surface area (TPSA) is 150 Å². The second kappa shape index (κ2) is 14.9. The summed E-state index contributed by atoms with van der Waals surface area (Å²) in [7, 11) is -4.25. The Morgan fingerprint density at radius 2 is 1.84 bits per heavy atom. The van der Waals surface area contributed by atoms with Gasteiger partial charge in [-0.05, 0) is 48.6 Å². The minimum absolute atomic E-state index is 0. The molecule has 0 amide bonds. The molecule has 2 heterocycles. The van der Waals surface area contributed by atoms with Crippen LogP contribution < -0.4 is 14.5 Å². The first-order chi connectivity index (χ1) is 21.1. The molecule has 240 valence electrons. The summed E-state index contributed by atoms with van der Waals surface area (Å²) in [5.41, 5.74) is 0.743. The van der Waals surface area contributed by atoms with Crippen LogP contribution in [-0.2, 0) is 26.0 Å². The van der Waals surface area contributed by atoms with E-state index in [-0.39, 0.29) is 50.4 Å². The Kier molecular flexibility index (Phi) is 11.5. The van der Waals surface area contributed by atoms with Crippen LogP contribution in [0.1, 0.15) is 35.6 Å². The van der Waals surface area contributed by atoms with E-state index < -0.39 is 34.1 Å². The summed E-state index contributed by atoms with van der Waals surface area (Å²) in [4.78, 5) is 16.3. The van der Waals surface area contributed by atoms with Crippen LogP contribution in [0.2, 0.25) is 10.0 Å². The van der Waals surface area contributed by atoms with Crippen LogP contribution >= 0.6 is 35.0 Å². The number of nitriles is 1. The van der Waals surface area contributed by atoms with Gasteiger partial charge in [-0.15, -0.1) is 11.8 Å². The third kappa shape index (κ3) is 8.16. The van der Waals surface area contributed by atoms with Crippen LogP contribution in [0.3, 0.4) is 0 Å². The Hall–Kier alpha value is -3.19. The van der Waals surface area contributed by atoms with Crippen molar-refractivity contribution in [2.75, 3.05) is 18.9 Å². The zero-order valence-electron chi connectivity index (χ0n) is 23.4. The second-order valence-electron chi connectivity index (χ2n) is 10.0. The number of thioether (sulfide) groups is 1. The summed E-state index contributed by atoms with van der Waals surface area (Å²) in [5.74, 6) is -0.382. The normalized spacial score (nSPS) is 17.3. The molecule has 16 heteroatoms. The van der Waals surface area contributed by atoms with E-state index in [0.717, 1.165) is 28.9 Å². The number of carbonyl (C=O) groups is 1. The highest BCUT2D eigenvalue weighted by Gasteiger charge is 2.43. The van der Waals surface area contributed by atoms with Crippen molar-refractivity contribution in [2.24, 2.45) is 5.92 Å². The molecule has 1 saturated carbocycles. The number of hydrogen-bond donors (Lipinski definition) is 0. The number of aromatic amines is 1. The number of esters is 1. The quantitative estimate of drug-likeness (QED) is 0.224. The lowest BCUT2D eigenvalue weighted by Crippen LogP contribution is -2.41. The van der Waals surface area contributed by atoms with Gasteiger partial charge in [0.15, 0.2) is 29.3 Å². The molecular formula is C29H27Cl2F2N3O7S2. The van der Waals surface area contributed by atoms with Crippen molar-refractivity contribution in [3.05, 3.63) is 81.6 Å². The number of H-pyrrole nitrogens is 1. The zero-order chi connectivity index (χ0) is 31.4. The van der Waals surface area contributed by atoms with Gasteiger partial charge in [-0.2, -0.15) is 18.3 Å². The summed E-state index contributed by atoms with van der Waals surface area (Å²) in [6.07, 6.45) is 3.81. The van der Waals surface area contributed by atoms with Gasteiger partial charge < -0.3 is 19.7 Å². The van der Waals surface area contributed by atoms with Gasteiger partial charge in [0.25, 0.3) is 0 Å². The highest BCUT2D eigenvalue weighted by atomic mass is 35.5. The minimum atomic E-state index is -4.25. The summed E-state index contributed by atoms with van der Waals surface area (Å²) >= 11 is 13.9. The molecule has 2 atom stereocenters. The van der Waals surface area contributed by atoms with E-state index in [1.54, 1.807) is 6.07 Å². The number of hydrogen-bond acceptors (Lipinski definition) is 9. The average molecular weight is 703 g/mol. The first-order valence-electron chi connectivity index (χ1n) is 13.5. The number of nitrogens with zero attached hydrogens (tertiary/aromatic N) is 2. The standard InChI is InChI=1S/C29H25Cl2F2N3O6S2.H2O/c30-21-14-35-15-22(31)20(21)12-24(18-7-8-23(42-29(32)33)25(11-18)40-16-17-5-6-17)41-28(37)27-36(9-10-43-27)44(38,39)26-4-2-1-3-19(26)13-34;/h1-4,7-8,11,14-15,17,24,27,29H,5-6,9-10,12,16H2;1H2/t24-,27-;/m0./s1. The second-order valence-corrected chi connectivity index (χ2v) is 13.9. The van der Waals surface area contributed by atoms with Gasteiger partial charge in [-0.25, -0.2) is 18.2 Å². The third-order valence-corrected chi connectivity index (χ3v) is 10.9. The number of alkyl halides is 2. The van der Waals surface area contributed by atoms with Gasteiger partial charge in [0.05, 0.1) is 12.2 Å². The van der Waals surface area contributed by atoms with Crippen molar-refractivity contribution in [1.82, 2.24) is 4.31 Å². The summed E-state index contributed by atoms with van der Waals surface area (Å²) in [5, 5.41) is 8.74. The van der Waals surface area contributed by atoms with Gasteiger partial charge in [0, 0.05) is 24.3 Å². The molecule has 2 N–H and O–H groups in total. The lowest BCUT2D eigenvalue weighted by molar-refractivity contribution is -0.377. The molecule has 10 nitrogen and oxygen atoms in total. The molecule has 1 aliphatic heterocycles. The number of carbonyl (C=O) groups excluding carboxylic acids is 1. The van der Waals surface area contributed by atoms with Crippen molar-refractivity contribution in [2.45, 2.75) is 42.2 Å². The maximum Gasteiger partial charge on any atom is 0.387 e. The summed E-state index contributed by atoms with van der Waals surface area (Å²) in [6, 6.07) is 11.8. The van der Waals surface area contributed by atoms with E-state index in [1.165, 1.54) is 48.8 Å². The summed E-state index contributed by atoms with van der Waals surface area (Å²) in [6.45, 7) is -2.77.